The Bertz CT molecular complexity index is 1440. The molecule has 2 aromatic heterocycles. The highest BCUT2D eigenvalue weighted by Crippen LogP contribution is 2.29. The number of hydrogen-bond donors (Lipinski definition) is 0. The number of hydrogen-bond acceptors (Lipinski definition) is 6. The van der Waals surface area contributed by atoms with Crippen LogP contribution in [0.15, 0.2) is 76.6 Å². The first kappa shape index (κ1) is 23.9. The highest BCUT2D eigenvalue weighted by atomic mass is 16.2. The van der Waals surface area contributed by atoms with Crippen LogP contribution in [0.4, 0.5) is 0 Å². The van der Waals surface area contributed by atoms with E-state index in [9.17, 15) is 14.4 Å². The van der Waals surface area contributed by atoms with Crippen molar-refractivity contribution in [2.45, 2.75) is 12.6 Å². The topological polar surface area (TPSA) is 85.4 Å². The minimum absolute atomic E-state index is 0.150. The summed E-state index contributed by atoms with van der Waals surface area (Å²) in [5, 5.41) is 0. The predicted octanol–water partition coefficient (Wildman–Crippen LogP) is 1.41. The molecule has 186 valence electrons. The van der Waals surface area contributed by atoms with E-state index in [-0.39, 0.29) is 24.9 Å². The van der Waals surface area contributed by atoms with E-state index < -0.39 is 11.2 Å². The quantitative estimate of drug-likeness (QED) is 0.393. The molecular formula is C27H30N6O3. The lowest BCUT2D eigenvalue weighted by Crippen LogP contribution is -2.50. The van der Waals surface area contributed by atoms with Crippen molar-refractivity contribution in [1.29, 1.82) is 0 Å². The molecule has 9 heteroatoms. The minimum atomic E-state index is -0.530. The third kappa shape index (κ3) is 4.55. The largest absolute Gasteiger partial charge is 0.332 e. The molecule has 3 heterocycles. The summed E-state index contributed by atoms with van der Waals surface area (Å²) in [6, 6.07) is 21.1. The lowest BCUT2D eigenvalue weighted by Gasteiger charge is -2.39. The minimum Gasteiger partial charge on any atom is -0.328 e. The van der Waals surface area contributed by atoms with Gasteiger partial charge >= 0.3 is 5.69 Å². The molecule has 1 fully saturated rings. The number of carbonyl (C=O) groups excluding carboxylic acids is 1. The molecule has 1 saturated heterocycles. The first-order chi connectivity index (χ1) is 17.4. The Kier molecular flexibility index (Phi) is 6.67. The van der Waals surface area contributed by atoms with Crippen molar-refractivity contribution in [3.63, 3.8) is 0 Å². The summed E-state index contributed by atoms with van der Waals surface area (Å²) in [4.78, 5) is 47.3. The third-order valence-corrected chi connectivity index (χ3v) is 6.94. The molecular weight excluding hydrogens is 456 g/mol. The van der Waals surface area contributed by atoms with Gasteiger partial charge in [0.05, 0.1) is 25.5 Å². The first-order valence-electron chi connectivity index (χ1n) is 12.1. The number of aryl methyl sites for hydroxylation is 2. The Morgan fingerprint density at radius 1 is 0.861 bits per heavy atom. The molecule has 9 nitrogen and oxygen atoms in total. The summed E-state index contributed by atoms with van der Waals surface area (Å²) in [5.74, 6) is -0.160. The van der Waals surface area contributed by atoms with Crippen molar-refractivity contribution in [3.8, 4) is 0 Å². The first-order valence-corrected chi connectivity index (χ1v) is 12.1. The Balaban J connectivity index is 1.27. The van der Waals surface area contributed by atoms with Gasteiger partial charge in [-0.1, -0.05) is 60.7 Å². The summed E-state index contributed by atoms with van der Waals surface area (Å²) >= 11 is 0. The summed E-state index contributed by atoms with van der Waals surface area (Å²) in [6.07, 6.45) is 1.50. The SMILES string of the molecule is Cn1cnc2c1c(=O)n(CC(=O)CN1CCN(C(c3ccccc3)c3ccccc3)CC1)c(=O)n2C. The lowest BCUT2D eigenvalue weighted by molar-refractivity contribution is -0.121. The van der Waals surface area contributed by atoms with Gasteiger partial charge in [0, 0.05) is 40.3 Å². The monoisotopic (exact) mass is 486 g/mol. The van der Waals surface area contributed by atoms with Crippen LogP contribution in [0, 0.1) is 0 Å². The molecule has 0 aliphatic carbocycles. The van der Waals surface area contributed by atoms with Gasteiger partial charge in [-0.2, -0.15) is 0 Å². The van der Waals surface area contributed by atoms with Crippen LogP contribution < -0.4 is 11.2 Å². The van der Waals surface area contributed by atoms with Gasteiger partial charge in [-0.3, -0.25) is 28.5 Å². The Hall–Kier alpha value is -3.82. The van der Waals surface area contributed by atoms with E-state index in [4.69, 9.17) is 0 Å². The molecule has 2 aromatic carbocycles. The Morgan fingerprint density at radius 2 is 1.44 bits per heavy atom. The average Bonchev–Trinajstić information content (AvgIpc) is 3.29. The van der Waals surface area contributed by atoms with E-state index in [1.807, 2.05) is 12.1 Å². The van der Waals surface area contributed by atoms with Crippen molar-refractivity contribution in [3.05, 3.63) is 99.0 Å². The molecule has 0 saturated carbocycles. The smallest absolute Gasteiger partial charge is 0.328 e. The van der Waals surface area contributed by atoms with E-state index >= 15 is 0 Å². The maximum absolute atomic E-state index is 12.9. The van der Waals surface area contributed by atoms with Gasteiger partial charge < -0.3 is 4.57 Å². The van der Waals surface area contributed by atoms with Crippen LogP contribution in [-0.2, 0) is 25.4 Å². The number of carbonyl (C=O) groups is 1. The second-order valence-corrected chi connectivity index (χ2v) is 9.34. The number of Topliss-reactive ketones (excluding diaryl/α,β-unsaturated/α-hetero) is 1. The summed E-state index contributed by atoms with van der Waals surface area (Å²) < 4.78 is 3.91. The third-order valence-electron chi connectivity index (χ3n) is 6.94. The maximum Gasteiger partial charge on any atom is 0.332 e. The second-order valence-electron chi connectivity index (χ2n) is 9.34. The number of rotatable bonds is 7. The van der Waals surface area contributed by atoms with Crippen LogP contribution in [0.25, 0.3) is 11.2 Å². The molecule has 0 spiro atoms. The Labute approximate surface area is 208 Å². The number of imidazole rings is 1. The molecule has 0 unspecified atom stereocenters. The van der Waals surface area contributed by atoms with Gasteiger partial charge in [0.2, 0.25) is 0 Å². The standard InChI is InChI=1S/C27H30N6O3/c1-29-19-28-25-24(29)26(35)33(27(36)30(25)2)18-22(34)17-31-13-15-32(16-14-31)23(20-9-5-3-6-10-20)21-11-7-4-8-12-21/h3-12,19,23H,13-18H2,1-2H3. The number of fused-ring (bicyclic) bond motifs is 1. The fourth-order valence-electron chi connectivity index (χ4n) is 5.08. The van der Waals surface area contributed by atoms with Crippen molar-refractivity contribution >= 4 is 16.9 Å². The van der Waals surface area contributed by atoms with Crippen LogP contribution in [0.5, 0.6) is 0 Å². The van der Waals surface area contributed by atoms with Gasteiger partial charge in [-0.25, -0.2) is 9.78 Å². The molecule has 4 aromatic rings. The molecule has 36 heavy (non-hydrogen) atoms. The molecule has 0 atom stereocenters. The van der Waals surface area contributed by atoms with Crippen molar-refractivity contribution in [1.82, 2.24) is 28.5 Å². The molecule has 0 radical (unpaired) electrons. The molecule has 0 amide bonds. The zero-order valence-electron chi connectivity index (χ0n) is 20.6. The highest BCUT2D eigenvalue weighted by molar-refractivity contribution is 5.80. The molecule has 1 aliphatic rings. The molecule has 1 aliphatic heterocycles. The number of benzene rings is 2. The average molecular weight is 487 g/mol. The van der Waals surface area contributed by atoms with Crippen LogP contribution in [-0.4, -0.2) is 67.0 Å². The van der Waals surface area contributed by atoms with E-state index in [1.165, 1.54) is 22.0 Å². The normalized spacial score (nSPS) is 15.1. The Morgan fingerprint density at radius 3 is 2.03 bits per heavy atom. The summed E-state index contributed by atoms with van der Waals surface area (Å²) in [7, 11) is 3.26. The van der Waals surface area contributed by atoms with Crippen molar-refractivity contribution < 1.29 is 4.79 Å². The number of piperazine rings is 1. The van der Waals surface area contributed by atoms with Crippen LogP contribution >= 0.6 is 0 Å². The number of nitrogens with zero attached hydrogens (tertiary/aromatic N) is 6. The fraction of sp³-hybridized carbons (Fsp3) is 0.333. The fourth-order valence-corrected chi connectivity index (χ4v) is 5.08. The van der Waals surface area contributed by atoms with Gasteiger partial charge in [-0.15, -0.1) is 0 Å². The maximum atomic E-state index is 12.9. The van der Waals surface area contributed by atoms with E-state index in [1.54, 1.807) is 18.7 Å². The zero-order chi connectivity index (χ0) is 25.2. The molecule has 0 N–H and O–H groups in total. The van der Waals surface area contributed by atoms with Crippen molar-refractivity contribution in [2.24, 2.45) is 14.1 Å². The number of aromatic nitrogens is 4. The van der Waals surface area contributed by atoms with E-state index in [0.717, 1.165) is 30.7 Å². The van der Waals surface area contributed by atoms with E-state index in [0.29, 0.717) is 11.2 Å². The summed E-state index contributed by atoms with van der Waals surface area (Å²) in [5.41, 5.74) is 2.10. The molecule has 0 bridgehead atoms. The van der Waals surface area contributed by atoms with E-state index in [2.05, 4.69) is 63.3 Å². The highest BCUT2D eigenvalue weighted by Gasteiger charge is 2.27. The second kappa shape index (κ2) is 10.0. The zero-order valence-corrected chi connectivity index (χ0v) is 20.6. The number of ketones is 1. The van der Waals surface area contributed by atoms with Crippen LogP contribution in [0.3, 0.4) is 0 Å². The molecule has 5 rings (SSSR count). The van der Waals surface area contributed by atoms with Gasteiger partial charge in [0.25, 0.3) is 5.56 Å². The van der Waals surface area contributed by atoms with Crippen molar-refractivity contribution in [2.75, 3.05) is 32.7 Å². The summed E-state index contributed by atoms with van der Waals surface area (Å²) in [6.45, 7) is 3.04. The lowest BCUT2D eigenvalue weighted by atomic mass is 9.96. The van der Waals surface area contributed by atoms with Crippen LogP contribution in [0.1, 0.15) is 17.2 Å². The van der Waals surface area contributed by atoms with Gasteiger partial charge in [0.1, 0.15) is 0 Å². The predicted molar refractivity (Wildman–Crippen MR) is 138 cm³/mol. The van der Waals surface area contributed by atoms with Gasteiger partial charge in [-0.05, 0) is 11.1 Å². The van der Waals surface area contributed by atoms with Gasteiger partial charge in [0.15, 0.2) is 16.9 Å². The van der Waals surface area contributed by atoms with Crippen LogP contribution in [0.2, 0.25) is 0 Å².